The van der Waals surface area contributed by atoms with Gasteiger partial charge in [0.05, 0.1) is 36.1 Å². The first-order valence-corrected chi connectivity index (χ1v) is 12.3. The average molecular weight is 577 g/mol. The van der Waals surface area contributed by atoms with Crippen LogP contribution in [0.1, 0.15) is 36.1 Å². The van der Waals surface area contributed by atoms with E-state index < -0.39 is 23.8 Å². The number of rotatable bonds is 7. The number of amides is 3. The van der Waals surface area contributed by atoms with Gasteiger partial charge in [-0.3, -0.25) is 15.2 Å². The number of hydrogen-bond acceptors (Lipinski definition) is 8. The van der Waals surface area contributed by atoms with Gasteiger partial charge in [-0.05, 0) is 42.8 Å². The lowest BCUT2D eigenvalue weighted by Gasteiger charge is -2.24. The molecule has 4 aromatic rings. The van der Waals surface area contributed by atoms with Crippen LogP contribution >= 0.6 is 23.2 Å². The van der Waals surface area contributed by atoms with Crippen LogP contribution in [0.5, 0.6) is 5.88 Å². The summed E-state index contributed by atoms with van der Waals surface area (Å²) in [5.41, 5.74) is 4.27. The van der Waals surface area contributed by atoms with Gasteiger partial charge in [0.15, 0.2) is 0 Å². The number of aromatic nitrogens is 5. The molecule has 204 valence electrons. The molecule has 3 heterocycles. The van der Waals surface area contributed by atoms with E-state index in [1.807, 2.05) is 0 Å². The molecule has 12 nitrogen and oxygen atoms in total. The monoisotopic (exact) mass is 576 g/mol. The number of nitrogens with one attached hydrogen (secondary N) is 2. The first-order chi connectivity index (χ1) is 18.6. The number of carbonyl (C=O) groups excluding carboxylic acids is 2. The van der Waals surface area contributed by atoms with Crippen LogP contribution in [-0.4, -0.2) is 55.7 Å². The summed E-state index contributed by atoms with van der Waals surface area (Å²) in [5.74, 6) is -1.45. The number of pyridine rings is 1. The zero-order chi connectivity index (χ0) is 28.3. The number of hydrogen-bond donors (Lipinski definition) is 2. The largest absolute Gasteiger partial charge is 0.479 e. The molecule has 0 fully saturated rings. The van der Waals surface area contributed by atoms with Gasteiger partial charge in [0, 0.05) is 35.9 Å². The lowest BCUT2D eigenvalue weighted by atomic mass is 9.98. The van der Waals surface area contributed by atoms with Crippen LogP contribution in [0, 0.1) is 5.82 Å². The molecule has 0 saturated carbocycles. The van der Waals surface area contributed by atoms with Gasteiger partial charge >= 0.3 is 11.9 Å². The number of methoxy groups -OCH3 is 1. The minimum atomic E-state index is -0.856. The highest BCUT2D eigenvalue weighted by Gasteiger charge is 2.24. The summed E-state index contributed by atoms with van der Waals surface area (Å²) >= 11 is 12.7. The fourth-order valence-electron chi connectivity index (χ4n) is 3.68. The molecule has 3 amide bonds. The molecule has 1 atom stereocenters. The summed E-state index contributed by atoms with van der Waals surface area (Å²) in [7, 11) is 3.03. The van der Waals surface area contributed by atoms with Crippen molar-refractivity contribution in [3.8, 4) is 28.3 Å². The molecule has 4 rings (SSSR count). The van der Waals surface area contributed by atoms with Gasteiger partial charge in [0.2, 0.25) is 5.76 Å². The highest BCUT2D eigenvalue weighted by atomic mass is 35.5. The van der Waals surface area contributed by atoms with Crippen molar-refractivity contribution in [3.05, 3.63) is 64.0 Å². The van der Waals surface area contributed by atoms with E-state index in [9.17, 15) is 9.59 Å². The van der Waals surface area contributed by atoms with Crippen molar-refractivity contribution in [2.75, 3.05) is 13.7 Å². The van der Waals surface area contributed by atoms with Crippen LogP contribution in [-0.2, 0) is 7.05 Å². The number of nitrogens with zero attached hydrogens (tertiary/aromatic N) is 6. The third-order valence-corrected chi connectivity index (χ3v) is 6.08. The summed E-state index contributed by atoms with van der Waals surface area (Å²) < 4.78 is 25.1. The maximum atomic E-state index is 15.3. The Morgan fingerprint density at radius 1 is 1.23 bits per heavy atom. The Bertz CT molecular complexity index is 1530. The second-order valence-electron chi connectivity index (χ2n) is 8.21. The number of aryl methyl sites for hydroxylation is 1. The van der Waals surface area contributed by atoms with E-state index >= 15 is 4.39 Å². The Morgan fingerprint density at radius 3 is 2.62 bits per heavy atom. The van der Waals surface area contributed by atoms with Gasteiger partial charge in [0.25, 0.3) is 5.88 Å². The Kier molecular flexibility index (Phi) is 8.31. The van der Waals surface area contributed by atoms with Gasteiger partial charge in [0.1, 0.15) is 11.5 Å². The Labute approximate surface area is 232 Å². The Morgan fingerprint density at radius 2 is 2.00 bits per heavy atom. The number of carbonyl (C=O) groups is 2. The molecule has 0 bridgehead atoms. The molecule has 15 heteroatoms. The fraction of sp³-hybridized carbons (Fsp3) is 0.250. The maximum absolute atomic E-state index is 15.3. The van der Waals surface area contributed by atoms with Gasteiger partial charge < -0.3 is 14.6 Å². The van der Waals surface area contributed by atoms with Gasteiger partial charge in [-0.25, -0.2) is 14.2 Å². The molecule has 0 spiro atoms. The first kappa shape index (κ1) is 27.8. The summed E-state index contributed by atoms with van der Waals surface area (Å²) in [6.07, 6.45) is 2.98. The zero-order valence-electron chi connectivity index (χ0n) is 21.2. The molecule has 0 aliphatic heterocycles. The highest BCUT2D eigenvalue weighted by molar-refractivity contribution is 6.37. The van der Waals surface area contributed by atoms with Crippen LogP contribution < -0.4 is 15.5 Å². The van der Waals surface area contributed by atoms with Crippen LogP contribution in [0.25, 0.3) is 22.4 Å². The second kappa shape index (κ2) is 11.7. The molecule has 0 radical (unpaired) electrons. The van der Waals surface area contributed by atoms with E-state index in [1.54, 1.807) is 33.0 Å². The number of benzene rings is 1. The van der Waals surface area contributed by atoms with Crippen LogP contribution in [0.4, 0.5) is 9.18 Å². The maximum Gasteiger partial charge on any atom is 0.336 e. The lowest BCUT2D eigenvalue weighted by molar-refractivity contribution is 0.0791. The number of hydrazine groups is 1. The van der Waals surface area contributed by atoms with Crippen LogP contribution in [0.15, 0.2) is 41.2 Å². The molecular weight excluding hydrogens is 554 g/mol. The van der Waals surface area contributed by atoms with Crippen molar-refractivity contribution >= 4 is 35.1 Å². The SMILES string of the molecule is CCN(NC(=O)c1cc(OC)no1)C(=O)N[C@H](C)c1ncc(-c2cc(Cl)cc(Cl)c2-c2cnn(C)n2)cc1F. The van der Waals surface area contributed by atoms with Crippen molar-refractivity contribution in [1.82, 2.24) is 40.9 Å². The van der Waals surface area contributed by atoms with Gasteiger partial charge in [-0.1, -0.05) is 23.2 Å². The summed E-state index contributed by atoms with van der Waals surface area (Å²) in [5, 5.41) is 16.2. The number of halogens is 3. The predicted molar refractivity (Wildman–Crippen MR) is 139 cm³/mol. The molecule has 0 unspecified atom stereocenters. The molecule has 3 aromatic heterocycles. The van der Waals surface area contributed by atoms with Crippen molar-refractivity contribution in [2.45, 2.75) is 19.9 Å². The van der Waals surface area contributed by atoms with Gasteiger partial charge in [-0.15, -0.1) is 0 Å². The van der Waals surface area contributed by atoms with E-state index in [2.05, 4.69) is 31.1 Å². The fourth-order valence-corrected chi connectivity index (χ4v) is 4.27. The smallest absolute Gasteiger partial charge is 0.336 e. The quantitative estimate of drug-likeness (QED) is 0.308. The molecule has 0 saturated heterocycles. The topological polar surface area (TPSA) is 140 Å². The molecule has 0 aliphatic rings. The van der Waals surface area contributed by atoms with Crippen molar-refractivity contribution in [1.29, 1.82) is 0 Å². The molecular formula is C24H23Cl2FN8O4. The normalized spacial score (nSPS) is 11.7. The molecule has 0 aliphatic carbocycles. The number of ether oxygens (including phenoxy) is 1. The minimum Gasteiger partial charge on any atom is -0.479 e. The molecule has 2 N–H and O–H groups in total. The average Bonchev–Trinajstić information content (AvgIpc) is 3.55. The predicted octanol–water partition coefficient (Wildman–Crippen LogP) is 4.42. The van der Waals surface area contributed by atoms with Crippen molar-refractivity contribution in [2.24, 2.45) is 7.05 Å². The van der Waals surface area contributed by atoms with Crippen LogP contribution in [0.3, 0.4) is 0 Å². The third kappa shape index (κ3) is 6.10. The van der Waals surface area contributed by atoms with E-state index in [0.717, 1.165) is 5.01 Å². The zero-order valence-corrected chi connectivity index (χ0v) is 22.7. The molecule has 39 heavy (non-hydrogen) atoms. The number of urea groups is 1. The summed E-state index contributed by atoms with van der Waals surface area (Å²) in [6, 6.07) is 4.18. The summed E-state index contributed by atoms with van der Waals surface area (Å²) in [4.78, 5) is 30.8. The lowest BCUT2D eigenvalue weighted by Crippen LogP contribution is -2.51. The van der Waals surface area contributed by atoms with E-state index in [-0.39, 0.29) is 23.9 Å². The Hall–Kier alpha value is -4.23. The van der Waals surface area contributed by atoms with Crippen LogP contribution in [0.2, 0.25) is 10.0 Å². The standard InChI is InChI=1S/C24H23Cl2FN8O4/c1-5-35(32-23(36)19-9-20(38-4)33-39-19)24(37)30-12(2)22-17(27)6-13(10-28-22)15-7-14(25)8-16(26)21(15)18-11-29-34(3)31-18/h6-12H,5H2,1-4H3,(H,30,37)(H,32,36)/t12-/m1/s1. The van der Waals surface area contributed by atoms with Gasteiger partial charge in [-0.2, -0.15) is 15.0 Å². The summed E-state index contributed by atoms with van der Waals surface area (Å²) in [6.45, 7) is 3.30. The van der Waals surface area contributed by atoms with E-state index in [4.69, 9.17) is 32.5 Å². The first-order valence-electron chi connectivity index (χ1n) is 11.5. The van der Waals surface area contributed by atoms with Crippen molar-refractivity contribution in [3.63, 3.8) is 0 Å². The van der Waals surface area contributed by atoms with Crippen molar-refractivity contribution < 1.29 is 23.2 Å². The second-order valence-corrected chi connectivity index (χ2v) is 9.05. The third-order valence-electron chi connectivity index (χ3n) is 5.56. The Balaban J connectivity index is 1.53. The molecule has 1 aromatic carbocycles. The minimum absolute atomic E-state index is 0.0244. The highest BCUT2D eigenvalue weighted by Crippen LogP contribution is 2.39. The van der Waals surface area contributed by atoms with E-state index in [1.165, 1.54) is 36.4 Å². The van der Waals surface area contributed by atoms with E-state index in [0.29, 0.717) is 32.4 Å².